The van der Waals surface area contributed by atoms with Crippen molar-refractivity contribution in [1.29, 1.82) is 0 Å². The average Bonchev–Trinajstić information content (AvgIpc) is 2.60. The van der Waals surface area contributed by atoms with Gasteiger partial charge < -0.3 is 10.2 Å². The largest absolute Gasteiger partial charge is 0.390 e. The second kappa shape index (κ2) is 4.14. The van der Waals surface area contributed by atoms with Crippen molar-refractivity contribution >= 4 is 0 Å². The Hall–Kier alpha value is -1.55. The van der Waals surface area contributed by atoms with Gasteiger partial charge in [0.2, 0.25) is 0 Å². The maximum Gasteiger partial charge on any atom is 0.102 e. The minimum Gasteiger partial charge on any atom is -0.390 e. The van der Waals surface area contributed by atoms with Gasteiger partial charge in [-0.05, 0) is 23.9 Å². The van der Waals surface area contributed by atoms with Crippen molar-refractivity contribution in [2.45, 2.75) is 30.6 Å². The molecule has 16 heavy (non-hydrogen) atoms. The van der Waals surface area contributed by atoms with Crippen molar-refractivity contribution in [3.05, 3.63) is 46.3 Å². The first-order chi connectivity index (χ1) is 7.70. The molecular weight excluding hydrogens is 206 g/mol. The van der Waals surface area contributed by atoms with Gasteiger partial charge in [-0.3, -0.25) is 0 Å². The molecule has 0 aliphatic heterocycles. The summed E-state index contributed by atoms with van der Waals surface area (Å²) < 4.78 is 0. The zero-order valence-corrected chi connectivity index (χ0v) is 8.69. The van der Waals surface area contributed by atoms with Gasteiger partial charge in [0.15, 0.2) is 0 Å². The molecule has 3 atom stereocenters. The molecule has 0 unspecified atom stereocenters. The SMILES string of the molecule is [N-]=[N+]=N[C@]1(c2ccccc2)CC[C@@H](O)[C@H]1O. The third-order valence-corrected chi connectivity index (χ3v) is 3.17. The fraction of sp³-hybridized carbons (Fsp3) is 0.455. The van der Waals surface area contributed by atoms with E-state index in [1.807, 2.05) is 18.2 Å². The van der Waals surface area contributed by atoms with Gasteiger partial charge in [-0.25, -0.2) is 0 Å². The number of aliphatic hydroxyl groups is 2. The highest BCUT2D eigenvalue weighted by molar-refractivity contribution is 5.29. The first-order valence-corrected chi connectivity index (χ1v) is 5.18. The molecule has 0 heterocycles. The Morgan fingerprint density at radius 3 is 2.50 bits per heavy atom. The van der Waals surface area contributed by atoms with E-state index in [9.17, 15) is 10.2 Å². The molecule has 0 bridgehead atoms. The van der Waals surface area contributed by atoms with Crippen LogP contribution in [0, 0.1) is 0 Å². The van der Waals surface area contributed by atoms with Crippen LogP contribution in [0.2, 0.25) is 0 Å². The molecule has 5 nitrogen and oxygen atoms in total. The quantitative estimate of drug-likeness (QED) is 0.450. The van der Waals surface area contributed by atoms with E-state index in [-0.39, 0.29) is 0 Å². The molecule has 1 fully saturated rings. The van der Waals surface area contributed by atoms with Gasteiger partial charge in [-0.1, -0.05) is 35.4 Å². The third-order valence-electron chi connectivity index (χ3n) is 3.17. The minimum atomic E-state index is -1.04. The molecule has 2 N–H and O–H groups in total. The highest BCUT2D eigenvalue weighted by Crippen LogP contribution is 2.42. The van der Waals surface area contributed by atoms with E-state index >= 15 is 0 Å². The molecule has 0 radical (unpaired) electrons. The molecule has 2 rings (SSSR count). The lowest BCUT2D eigenvalue weighted by Crippen LogP contribution is -2.37. The molecule has 0 spiro atoms. The number of rotatable bonds is 2. The van der Waals surface area contributed by atoms with Gasteiger partial charge in [-0.15, -0.1) is 0 Å². The van der Waals surface area contributed by atoms with Crippen molar-refractivity contribution < 1.29 is 10.2 Å². The van der Waals surface area contributed by atoms with Crippen LogP contribution in [0.15, 0.2) is 35.4 Å². The standard InChI is InChI=1S/C11H13N3O2/c12-14-13-11(7-6-9(15)10(11)16)8-4-2-1-3-5-8/h1-5,9-10,15-16H,6-7H2/t9-,10-,11+/m1/s1. The summed E-state index contributed by atoms with van der Waals surface area (Å²) >= 11 is 0. The van der Waals surface area contributed by atoms with Gasteiger partial charge in [0.05, 0.1) is 12.2 Å². The number of hydrogen-bond acceptors (Lipinski definition) is 3. The Morgan fingerprint density at radius 1 is 1.31 bits per heavy atom. The van der Waals surface area contributed by atoms with Crippen LogP contribution in [0.25, 0.3) is 10.4 Å². The van der Waals surface area contributed by atoms with E-state index in [2.05, 4.69) is 10.0 Å². The molecule has 1 aliphatic rings. The van der Waals surface area contributed by atoms with Gasteiger partial charge in [0.25, 0.3) is 0 Å². The molecule has 0 amide bonds. The van der Waals surface area contributed by atoms with Crippen LogP contribution < -0.4 is 0 Å². The van der Waals surface area contributed by atoms with E-state index in [4.69, 9.17) is 5.53 Å². The molecule has 1 aliphatic carbocycles. The molecule has 1 aromatic rings. The van der Waals surface area contributed by atoms with Crippen LogP contribution in [-0.2, 0) is 5.54 Å². The molecule has 1 aromatic carbocycles. The lowest BCUT2D eigenvalue weighted by molar-refractivity contribution is 0.00951. The average molecular weight is 219 g/mol. The Morgan fingerprint density at radius 2 is 2.00 bits per heavy atom. The van der Waals surface area contributed by atoms with E-state index in [1.165, 1.54) is 0 Å². The summed E-state index contributed by atoms with van der Waals surface area (Å²) in [4.78, 5) is 2.80. The zero-order valence-electron chi connectivity index (χ0n) is 8.69. The van der Waals surface area contributed by atoms with Crippen molar-refractivity contribution in [3.8, 4) is 0 Å². The second-order valence-electron chi connectivity index (χ2n) is 4.03. The van der Waals surface area contributed by atoms with Gasteiger partial charge in [0.1, 0.15) is 5.54 Å². The molecule has 1 saturated carbocycles. The predicted octanol–water partition coefficient (Wildman–Crippen LogP) is 1.71. The van der Waals surface area contributed by atoms with Crippen LogP contribution in [0.4, 0.5) is 0 Å². The zero-order chi connectivity index (χ0) is 11.6. The fourth-order valence-corrected chi connectivity index (χ4v) is 2.28. The van der Waals surface area contributed by atoms with E-state index in [0.717, 1.165) is 5.56 Å². The molecular formula is C11H13N3O2. The number of azide groups is 1. The van der Waals surface area contributed by atoms with Crippen LogP contribution in [-0.4, -0.2) is 22.4 Å². The molecule has 0 saturated heterocycles. The molecule has 0 aromatic heterocycles. The summed E-state index contributed by atoms with van der Waals surface area (Å²) in [5.74, 6) is 0. The van der Waals surface area contributed by atoms with Gasteiger partial charge >= 0.3 is 0 Å². The smallest absolute Gasteiger partial charge is 0.102 e. The van der Waals surface area contributed by atoms with Crippen LogP contribution in [0.1, 0.15) is 18.4 Å². The van der Waals surface area contributed by atoms with Crippen molar-refractivity contribution in [2.75, 3.05) is 0 Å². The summed E-state index contributed by atoms with van der Waals surface area (Å²) in [5, 5.41) is 23.3. The van der Waals surface area contributed by atoms with E-state index in [1.54, 1.807) is 12.1 Å². The Labute approximate surface area is 93.0 Å². The lowest BCUT2D eigenvalue weighted by atomic mass is 9.87. The molecule has 5 heteroatoms. The Balaban J connectivity index is 2.49. The number of nitrogens with zero attached hydrogens (tertiary/aromatic N) is 3. The summed E-state index contributed by atoms with van der Waals surface area (Å²) in [6.07, 6.45) is -0.963. The molecule has 84 valence electrons. The first kappa shape index (κ1) is 11.0. The Kier molecular flexibility index (Phi) is 2.83. The van der Waals surface area contributed by atoms with Crippen molar-refractivity contribution in [1.82, 2.24) is 0 Å². The summed E-state index contributed by atoms with van der Waals surface area (Å²) in [6, 6.07) is 9.10. The fourth-order valence-electron chi connectivity index (χ4n) is 2.28. The third kappa shape index (κ3) is 1.55. The topological polar surface area (TPSA) is 89.2 Å². The Bertz CT molecular complexity index is 416. The summed E-state index contributed by atoms with van der Waals surface area (Å²) in [6.45, 7) is 0. The van der Waals surface area contributed by atoms with E-state index < -0.39 is 17.7 Å². The summed E-state index contributed by atoms with van der Waals surface area (Å²) in [5.41, 5.74) is 8.35. The van der Waals surface area contributed by atoms with Gasteiger partial charge in [0, 0.05) is 4.91 Å². The first-order valence-electron chi connectivity index (χ1n) is 5.18. The van der Waals surface area contributed by atoms with E-state index in [0.29, 0.717) is 12.8 Å². The lowest BCUT2D eigenvalue weighted by Gasteiger charge is -2.28. The number of benzene rings is 1. The van der Waals surface area contributed by atoms with Gasteiger partial charge in [-0.2, -0.15) is 0 Å². The van der Waals surface area contributed by atoms with Crippen LogP contribution in [0.3, 0.4) is 0 Å². The highest BCUT2D eigenvalue weighted by atomic mass is 16.3. The second-order valence-corrected chi connectivity index (χ2v) is 4.03. The minimum absolute atomic E-state index is 0.440. The van der Waals surface area contributed by atoms with Crippen LogP contribution in [0.5, 0.6) is 0 Å². The highest BCUT2D eigenvalue weighted by Gasteiger charge is 2.48. The van der Waals surface area contributed by atoms with Crippen molar-refractivity contribution in [2.24, 2.45) is 5.11 Å². The predicted molar refractivity (Wildman–Crippen MR) is 58.5 cm³/mol. The number of aliphatic hydroxyl groups excluding tert-OH is 2. The maximum absolute atomic E-state index is 9.98. The number of hydrogen-bond donors (Lipinski definition) is 2. The van der Waals surface area contributed by atoms with Crippen LogP contribution >= 0.6 is 0 Å². The maximum atomic E-state index is 9.98. The van der Waals surface area contributed by atoms with Crippen molar-refractivity contribution in [3.63, 3.8) is 0 Å². The normalized spacial score (nSPS) is 33.4. The summed E-state index contributed by atoms with van der Waals surface area (Å²) in [7, 11) is 0. The monoisotopic (exact) mass is 219 g/mol.